The zero-order chi connectivity index (χ0) is 18.1. The summed E-state index contributed by atoms with van der Waals surface area (Å²) in [4.78, 5) is 5.34. The second-order valence-electron chi connectivity index (χ2n) is 5.89. The van der Waals surface area contributed by atoms with Crippen LogP contribution in [0.15, 0.2) is 52.6 Å². The first-order valence-corrected chi connectivity index (χ1v) is 10.9. The van der Waals surface area contributed by atoms with Crippen LogP contribution in [0.25, 0.3) is 0 Å². The van der Waals surface area contributed by atoms with E-state index in [0.29, 0.717) is 9.75 Å². The smallest absolute Gasteiger partial charge is 0.259 e. The Balaban J connectivity index is 1.86. The molecule has 2 N–H and O–H groups in total. The highest BCUT2D eigenvalue weighted by Crippen LogP contribution is 2.35. The summed E-state index contributed by atoms with van der Waals surface area (Å²) < 4.78 is 29.4. The molecule has 0 saturated carbocycles. The molecule has 3 aromatic heterocycles. The van der Waals surface area contributed by atoms with Crippen LogP contribution >= 0.6 is 22.7 Å². The summed E-state index contributed by atoms with van der Waals surface area (Å²) in [6, 6.07) is 7.37. The van der Waals surface area contributed by atoms with Gasteiger partial charge in [-0.25, -0.2) is 18.1 Å². The third-order valence-electron chi connectivity index (χ3n) is 3.83. The Labute approximate surface area is 154 Å². The third-order valence-corrected chi connectivity index (χ3v) is 7.15. The molecule has 3 rings (SSSR count). The molecule has 0 aliphatic rings. The SMILES string of the molecule is CC(C)n1cnc(S(=O)(=O)NCC(O)(c2cccs2)c2cccs2)c1. The molecule has 0 aliphatic heterocycles. The second kappa shape index (κ2) is 7.00. The van der Waals surface area contributed by atoms with Crippen molar-refractivity contribution in [1.29, 1.82) is 0 Å². The lowest BCUT2D eigenvalue weighted by atomic mass is 10.0. The Bertz CT molecular complexity index is 879. The summed E-state index contributed by atoms with van der Waals surface area (Å²) >= 11 is 2.77. The molecule has 0 unspecified atom stereocenters. The van der Waals surface area contributed by atoms with Crippen molar-refractivity contribution in [2.24, 2.45) is 0 Å². The van der Waals surface area contributed by atoms with Crippen LogP contribution in [0.5, 0.6) is 0 Å². The van der Waals surface area contributed by atoms with Crippen LogP contribution < -0.4 is 4.72 Å². The number of imidazole rings is 1. The Kier molecular flexibility index (Phi) is 5.12. The third kappa shape index (κ3) is 3.70. The van der Waals surface area contributed by atoms with E-state index < -0.39 is 15.6 Å². The number of thiophene rings is 2. The van der Waals surface area contributed by atoms with E-state index in [2.05, 4.69) is 9.71 Å². The maximum Gasteiger partial charge on any atom is 0.259 e. The van der Waals surface area contributed by atoms with Crippen molar-refractivity contribution in [3.8, 4) is 0 Å². The molecule has 0 spiro atoms. The van der Waals surface area contributed by atoms with Gasteiger partial charge in [-0.1, -0.05) is 12.1 Å². The summed E-state index contributed by atoms with van der Waals surface area (Å²) in [7, 11) is -3.82. The molecule has 0 amide bonds. The van der Waals surface area contributed by atoms with Crippen LogP contribution in [0.4, 0.5) is 0 Å². The number of hydrogen-bond acceptors (Lipinski definition) is 6. The van der Waals surface area contributed by atoms with E-state index in [1.54, 1.807) is 16.7 Å². The molecule has 0 bridgehead atoms. The number of nitrogens with one attached hydrogen (secondary N) is 1. The van der Waals surface area contributed by atoms with E-state index in [9.17, 15) is 13.5 Å². The minimum atomic E-state index is -3.82. The molecule has 0 aliphatic carbocycles. The molecule has 3 heterocycles. The predicted molar refractivity (Wildman–Crippen MR) is 99.4 cm³/mol. The van der Waals surface area contributed by atoms with Crippen LogP contribution in [0, 0.1) is 0 Å². The fourth-order valence-electron chi connectivity index (χ4n) is 2.34. The molecule has 0 radical (unpaired) electrons. The standard InChI is InChI=1S/C16H19N3O3S3/c1-12(2)19-9-15(17-11-19)25(21,22)18-10-16(20,13-5-3-7-23-13)14-6-4-8-24-14/h3-9,11-12,18,20H,10H2,1-2H3. The van der Waals surface area contributed by atoms with Crippen molar-refractivity contribution in [3.05, 3.63) is 57.3 Å². The van der Waals surface area contributed by atoms with Gasteiger partial charge < -0.3 is 9.67 Å². The molecule has 9 heteroatoms. The van der Waals surface area contributed by atoms with Gasteiger partial charge in [0, 0.05) is 28.5 Å². The summed E-state index contributed by atoms with van der Waals surface area (Å²) in [5.74, 6) is 0. The van der Waals surface area contributed by atoms with E-state index >= 15 is 0 Å². The summed E-state index contributed by atoms with van der Waals surface area (Å²) in [6.45, 7) is 3.72. The van der Waals surface area contributed by atoms with Crippen molar-refractivity contribution >= 4 is 32.7 Å². The number of hydrogen-bond donors (Lipinski definition) is 2. The van der Waals surface area contributed by atoms with Crippen molar-refractivity contribution < 1.29 is 13.5 Å². The Morgan fingerprint density at radius 2 is 1.84 bits per heavy atom. The van der Waals surface area contributed by atoms with Gasteiger partial charge >= 0.3 is 0 Å². The van der Waals surface area contributed by atoms with Gasteiger partial charge in [0.2, 0.25) is 0 Å². The Hall–Kier alpha value is -1.52. The van der Waals surface area contributed by atoms with Crippen LogP contribution in [0.3, 0.4) is 0 Å². The number of aliphatic hydroxyl groups is 1. The largest absolute Gasteiger partial charge is 0.377 e. The summed E-state index contributed by atoms with van der Waals surface area (Å²) in [6.07, 6.45) is 2.98. The molecule has 0 aromatic carbocycles. The van der Waals surface area contributed by atoms with Crippen LogP contribution in [-0.2, 0) is 15.6 Å². The monoisotopic (exact) mass is 397 g/mol. The van der Waals surface area contributed by atoms with E-state index in [1.165, 1.54) is 35.2 Å². The van der Waals surface area contributed by atoms with Crippen molar-refractivity contribution in [3.63, 3.8) is 0 Å². The summed E-state index contributed by atoms with van der Waals surface area (Å²) in [5, 5.41) is 14.9. The first-order chi connectivity index (χ1) is 11.8. The minimum Gasteiger partial charge on any atom is -0.377 e. The molecule has 0 saturated heterocycles. The molecule has 0 atom stereocenters. The van der Waals surface area contributed by atoms with Crippen molar-refractivity contribution in [1.82, 2.24) is 14.3 Å². The molecule has 25 heavy (non-hydrogen) atoms. The van der Waals surface area contributed by atoms with Gasteiger partial charge in [0.25, 0.3) is 10.0 Å². The average molecular weight is 398 g/mol. The van der Waals surface area contributed by atoms with E-state index in [-0.39, 0.29) is 17.6 Å². The Morgan fingerprint density at radius 3 is 2.28 bits per heavy atom. The second-order valence-corrected chi connectivity index (χ2v) is 9.50. The average Bonchev–Trinajstić information content (AvgIpc) is 3.35. The first-order valence-electron chi connectivity index (χ1n) is 7.66. The van der Waals surface area contributed by atoms with Gasteiger partial charge in [0.05, 0.1) is 6.33 Å². The first kappa shape index (κ1) is 18.3. The van der Waals surface area contributed by atoms with Gasteiger partial charge in [-0.05, 0) is 36.7 Å². The number of aromatic nitrogens is 2. The van der Waals surface area contributed by atoms with Gasteiger partial charge in [0.1, 0.15) is 5.60 Å². The van der Waals surface area contributed by atoms with Gasteiger partial charge in [-0.2, -0.15) is 0 Å². The summed E-state index contributed by atoms with van der Waals surface area (Å²) in [5.41, 5.74) is -1.41. The molecule has 134 valence electrons. The fraction of sp³-hybridized carbons (Fsp3) is 0.312. The molecule has 0 fully saturated rings. The number of rotatable bonds is 7. The Morgan fingerprint density at radius 1 is 1.24 bits per heavy atom. The maximum atomic E-state index is 12.6. The molecule has 3 aromatic rings. The van der Waals surface area contributed by atoms with Crippen LogP contribution in [0.2, 0.25) is 0 Å². The molecular formula is C16H19N3O3S3. The zero-order valence-electron chi connectivity index (χ0n) is 13.8. The number of sulfonamides is 1. The molecule has 6 nitrogen and oxygen atoms in total. The van der Waals surface area contributed by atoms with Gasteiger partial charge in [-0.3, -0.25) is 0 Å². The van der Waals surface area contributed by atoms with Crippen molar-refractivity contribution in [2.75, 3.05) is 6.54 Å². The highest BCUT2D eigenvalue weighted by Gasteiger charge is 2.35. The van der Waals surface area contributed by atoms with Gasteiger partial charge in [-0.15, -0.1) is 22.7 Å². The predicted octanol–water partition coefficient (Wildman–Crippen LogP) is 2.80. The lowest BCUT2D eigenvalue weighted by Crippen LogP contribution is -2.40. The van der Waals surface area contributed by atoms with E-state index in [4.69, 9.17) is 0 Å². The van der Waals surface area contributed by atoms with E-state index in [1.807, 2.05) is 36.7 Å². The zero-order valence-corrected chi connectivity index (χ0v) is 16.2. The van der Waals surface area contributed by atoms with Crippen molar-refractivity contribution in [2.45, 2.75) is 30.5 Å². The fourth-order valence-corrected chi connectivity index (χ4v) is 5.07. The number of nitrogens with zero attached hydrogens (tertiary/aromatic N) is 2. The van der Waals surface area contributed by atoms with Crippen LogP contribution in [0.1, 0.15) is 29.6 Å². The lowest BCUT2D eigenvalue weighted by molar-refractivity contribution is 0.0937. The van der Waals surface area contributed by atoms with E-state index in [0.717, 1.165) is 0 Å². The van der Waals surface area contributed by atoms with Gasteiger partial charge in [0.15, 0.2) is 5.03 Å². The highest BCUT2D eigenvalue weighted by molar-refractivity contribution is 7.89. The van der Waals surface area contributed by atoms with Crippen LogP contribution in [-0.4, -0.2) is 29.6 Å². The minimum absolute atomic E-state index is 0.0547. The highest BCUT2D eigenvalue weighted by atomic mass is 32.2. The lowest BCUT2D eigenvalue weighted by Gasteiger charge is -2.26. The maximum absolute atomic E-state index is 12.6. The quantitative estimate of drug-likeness (QED) is 0.642. The topological polar surface area (TPSA) is 84.2 Å². The molecular weight excluding hydrogens is 378 g/mol. The normalized spacial score (nSPS) is 12.8.